The summed E-state index contributed by atoms with van der Waals surface area (Å²) in [5.74, 6) is -0.493. The lowest BCUT2D eigenvalue weighted by molar-refractivity contribution is -0.297. The molecule has 2 heterocycles. The Morgan fingerprint density at radius 3 is 2.45 bits per heavy atom. The fraction of sp³-hybridized carbons (Fsp3) is 0.647. The van der Waals surface area contributed by atoms with Crippen LogP contribution < -0.4 is 0 Å². The van der Waals surface area contributed by atoms with Crippen LogP contribution in [0.15, 0.2) is 30.3 Å². The highest BCUT2D eigenvalue weighted by Gasteiger charge is 2.40. The van der Waals surface area contributed by atoms with Gasteiger partial charge >= 0.3 is 0 Å². The molecule has 0 bridgehead atoms. The third-order valence-electron chi connectivity index (χ3n) is 4.35. The first kappa shape index (κ1) is 14.1. The van der Waals surface area contributed by atoms with Gasteiger partial charge in [0.05, 0.1) is 12.6 Å². The predicted molar refractivity (Wildman–Crippen MR) is 79.5 cm³/mol. The summed E-state index contributed by atoms with van der Waals surface area (Å²) in [6.07, 6.45) is 4.05. The van der Waals surface area contributed by atoms with Gasteiger partial charge in [-0.15, -0.1) is 0 Å². The number of benzene rings is 1. The molecular weight excluding hydrogens is 250 g/mol. The molecule has 0 amide bonds. The molecule has 0 aliphatic carbocycles. The van der Waals surface area contributed by atoms with E-state index in [0.717, 1.165) is 6.61 Å². The third kappa shape index (κ3) is 3.05. The van der Waals surface area contributed by atoms with Crippen molar-refractivity contribution < 1.29 is 9.47 Å². The molecule has 2 atom stereocenters. The normalized spacial score (nSPS) is 31.1. The Kier molecular flexibility index (Phi) is 4.11. The first-order valence-corrected chi connectivity index (χ1v) is 7.76. The second-order valence-electron chi connectivity index (χ2n) is 6.32. The van der Waals surface area contributed by atoms with Gasteiger partial charge in [-0.05, 0) is 45.3 Å². The molecule has 3 heteroatoms. The van der Waals surface area contributed by atoms with Gasteiger partial charge in [0.15, 0.2) is 5.79 Å². The maximum Gasteiger partial charge on any atom is 0.163 e. The predicted octanol–water partition coefficient (Wildman–Crippen LogP) is 3.37. The molecular formula is C17H25NO2. The molecule has 3 nitrogen and oxygen atoms in total. The van der Waals surface area contributed by atoms with E-state index in [0.29, 0.717) is 6.04 Å². The number of hydrogen-bond acceptors (Lipinski definition) is 3. The average molecular weight is 275 g/mol. The lowest BCUT2D eigenvalue weighted by Gasteiger charge is -2.46. The van der Waals surface area contributed by atoms with Crippen LogP contribution in [-0.4, -0.2) is 36.4 Å². The van der Waals surface area contributed by atoms with Gasteiger partial charge in [-0.25, -0.2) is 0 Å². The van der Waals surface area contributed by atoms with Gasteiger partial charge in [0.2, 0.25) is 0 Å². The summed E-state index contributed by atoms with van der Waals surface area (Å²) in [5, 5.41) is 0. The first-order chi connectivity index (χ1) is 9.66. The molecule has 0 aromatic heterocycles. The first-order valence-electron chi connectivity index (χ1n) is 7.76. The van der Waals surface area contributed by atoms with Crippen LogP contribution in [-0.2, 0) is 9.47 Å². The van der Waals surface area contributed by atoms with Gasteiger partial charge in [0.1, 0.15) is 6.10 Å². The smallest absolute Gasteiger partial charge is 0.163 e. The Labute approximate surface area is 121 Å². The zero-order valence-electron chi connectivity index (χ0n) is 12.5. The van der Waals surface area contributed by atoms with Crippen LogP contribution in [0.5, 0.6) is 0 Å². The summed E-state index contributed by atoms with van der Waals surface area (Å²) in [6.45, 7) is 7.11. The summed E-state index contributed by atoms with van der Waals surface area (Å²) < 4.78 is 12.2. The van der Waals surface area contributed by atoms with Crippen molar-refractivity contribution >= 4 is 0 Å². The monoisotopic (exact) mass is 275 g/mol. The highest BCUT2D eigenvalue weighted by Crippen LogP contribution is 2.36. The fourth-order valence-corrected chi connectivity index (χ4v) is 3.27. The maximum absolute atomic E-state index is 6.26. The van der Waals surface area contributed by atoms with E-state index in [9.17, 15) is 0 Å². The van der Waals surface area contributed by atoms with E-state index in [2.05, 4.69) is 35.2 Å². The van der Waals surface area contributed by atoms with Crippen LogP contribution in [0.25, 0.3) is 0 Å². The van der Waals surface area contributed by atoms with Gasteiger partial charge < -0.3 is 9.47 Å². The van der Waals surface area contributed by atoms with Crippen LogP contribution in [0.3, 0.4) is 0 Å². The van der Waals surface area contributed by atoms with Crippen molar-refractivity contribution in [1.82, 2.24) is 4.90 Å². The highest BCUT2D eigenvalue weighted by atomic mass is 16.7. The Hall–Kier alpha value is -0.900. The van der Waals surface area contributed by atoms with E-state index >= 15 is 0 Å². The molecule has 2 saturated heterocycles. The van der Waals surface area contributed by atoms with Crippen LogP contribution in [0.2, 0.25) is 0 Å². The van der Waals surface area contributed by atoms with Crippen LogP contribution in [0, 0.1) is 0 Å². The van der Waals surface area contributed by atoms with Crippen molar-refractivity contribution in [2.45, 2.75) is 51.0 Å². The van der Waals surface area contributed by atoms with E-state index in [4.69, 9.17) is 9.47 Å². The molecule has 110 valence electrons. The molecule has 2 unspecified atom stereocenters. The quantitative estimate of drug-likeness (QED) is 0.826. The zero-order valence-corrected chi connectivity index (χ0v) is 12.5. The van der Waals surface area contributed by atoms with Gasteiger partial charge in [-0.3, -0.25) is 4.90 Å². The molecule has 1 aromatic carbocycles. The lowest BCUT2D eigenvalue weighted by atomic mass is 9.97. The third-order valence-corrected chi connectivity index (χ3v) is 4.35. The van der Waals surface area contributed by atoms with E-state index in [-0.39, 0.29) is 6.10 Å². The number of ether oxygens (including phenoxy) is 2. The largest absolute Gasteiger partial charge is 0.349 e. The molecule has 0 spiro atoms. The van der Waals surface area contributed by atoms with Crippen LogP contribution in [0.1, 0.15) is 44.8 Å². The summed E-state index contributed by atoms with van der Waals surface area (Å²) >= 11 is 0. The number of piperidine rings is 1. The highest BCUT2D eigenvalue weighted by molar-refractivity contribution is 5.20. The van der Waals surface area contributed by atoms with Gasteiger partial charge in [-0.1, -0.05) is 36.8 Å². The second-order valence-corrected chi connectivity index (χ2v) is 6.32. The minimum Gasteiger partial charge on any atom is -0.349 e. The molecule has 0 N–H and O–H groups in total. The van der Waals surface area contributed by atoms with Crippen molar-refractivity contribution in [3.05, 3.63) is 35.9 Å². The SMILES string of the molecule is CC1(C)OCC(N2CCCCC2)C(c2ccccc2)O1. The Morgan fingerprint density at radius 1 is 1.05 bits per heavy atom. The molecule has 1 aromatic rings. The van der Waals surface area contributed by atoms with E-state index in [1.54, 1.807) is 0 Å². The second kappa shape index (κ2) is 5.84. The molecule has 20 heavy (non-hydrogen) atoms. The van der Waals surface area contributed by atoms with Crippen molar-refractivity contribution in [3.63, 3.8) is 0 Å². The topological polar surface area (TPSA) is 21.7 Å². The van der Waals surface area contributed by atoms with Crippen molar-refractivity contribution in [2.75, 3.05) is 19.7 Å². The summed E-state index contributed by atoms with van der Waals surface area (Å²) in [4.78, 5) is 2.55. The Balaban J connectivity index is 1.83. The summed E-state index contributed by atoms with van der Waals surface area (Å²) in [6, 6.07) is 10.9. The van der Waals surface area contributed by atoms with E-state index in [1.165, 1.54) is 37.9 Å². The van der Waals surface area contributed by atoms with Gasteiger partial charge in [0, 0.05) is 0 Å². The van der Waals surface area contributed by atoms with Crippen molar-refractivity contribution in [2.24, 2.45) is 0 Å². The zero-order chi connectivity index (χ0) is 14.0. The van der Waals surface area contributed by atoms with Gasteiger partial charge in [0.25, 0.3) is 0 Å². The molecule has 2 aliphatic rings. The van der Waals surface area contributed by atoms with E-state index < -0.39 is 5.79 Å². The number of nitrogens with zero attached hydrogens (tertiary/aromatic N) is 1. The van der Waals surface area contributed by atoms with Crippen LogP contribution >= 0.6 is 0 Å². The Morgan fingerprint density at radius 2 is 1.75 bits per heavy atom. The maximum atomic E-state index is 6.26. The minimum absolute atomic E-state index is 0.109. The molecule has 2 fully saturated rings. The van der Waals surface area contributed by atoms with E-state index in [1.807, 2.05) is 13.8 Å². The molecule has 0 radical (unpaired) electrons. The minimum atomic E-state index is -0.493. The number of hydrogen-bond donors (Lipinski definition) is 0. The standard InChI is InChI=1S/C17H25NO2/c1-17(2)19-13-15(18-11-7-4-8-12-18)16(20-17)14-9-5-3-6-10-14/h3,5-6,9-10,15-16H,4,7-8,11-13H2,1-2H3. The van der Waals surface area contributed by atoms with Crippen molar-refractivity contribution in [1.29, 1.82) is 0 Å². The fourth-order valence-electron chi connectivity index (χ4n) is 3.27. The molecule has 2 aliphatic heterocycles. The van der Waals surface area contributed by atoms with Crippen molar-refractivity contribution in [3.8, 4) is 0 Å². The molecule has 3 rings (SSSR count). The lowest BCUT2D eigenvalue weighted by Crippen LogP contribution is -2.53. The average Bonchev–Trinajstić information content (AvgIpc) is 2.48. The number of likely N-dealkylation sites (tertiary alicyclic amines) is 1. The summed E-state index contributed by atoms with van der Waals surface area (Å²) in [5.41, 5.74) is 1.26. The summed E-state index contributed by atoms with van der Waals surface area (Å²) in [7, 11) is 0. The number of rotatable bonds is 2. The molecule has 0 saturated carbocycles. The Bertz CT molecular complexity index is 426. The van der Waals surface area contributed by atoms with Crippen LogP contribution in [0.4, 0.5) is 0 Å². The van der Waals surface area contributed by atoms with Gasteiger partial charge in [-0.2, -0.15) is 0 Å².